The molecule has 1 fully saturated rings. The minimum Gasteiger partial charge on any atom is -0.233 e. The number of halogens is 2. The Bertz CT molecular complexity index is 359. The Hall–Kier alpha value is 0.170. The van der Waals surface area contributed by atoms with Gasteiger partial charge in [0.05, 0.1) is 15.8 Å². The highest BCUT2D eigenvalue weighted by Gasteiger charge is 2.12. The van der Waals surface area contributed by atoms with Crippen molar-refractivity contribution in [3.63, 3.8) is 0 Å². The minimum atomic E-state index is 0.605. The molecule has 0 unspecified atom stereocenters. The molecule has 1 heterocycles. The summed E-state index contributed by atoms with van der Waals surface area (Å²) in [6.07, 6.45) is 0. The number of nitrogens with zero attached hydrogens (tertiary/aromatic N) is 1. The number of aliphatic imine (C=N–C) groups is 1. The maximum absolute atomic E-state index is 5.94. The Kier molecular flexibility index (Phi) is 3.09. The molecule has 0 N–H and O–H groups in total. The first kappa shape index (κ1) is 9.71. The minimum absolute atomic E-state index is 0.605. The van der Waals surface area contributed by atoms with Gasteiger partial charge in [0, 0.05) is 5.02 Å². The van der Waals surface area contributed by atoms with Gasteiger partial charge in [0.25, 0.3) is 0 Å². The van der Waals surface area contributed by atoms with Gasteiger partial charge in [-0.05, 0) is 18.2 Å². The number of hydrogen-bond donors (Lipinski definition) is 0. The number of rotatable bonds is 1. The summed E-state index contributed by atoms with van der Waals surface area (Å²) in [5.41, 5.74) is 0.792. The van der Waals surface area contributed by atoms with E-state index >= 15 is 0 Å². The van der Waals surface area contributed by atoms with Crippen molar-refractivity contribution in [1.29, 1.82) is 0 Å². The van der Waals surface area contributed by atoms with Gasteiger partial charge in [0.2, 0.25) is 0 Å². The van der Waals surface area contributed by atoms with Gasteiger partial charge < -0.3 is 0 Å². The highest BCUT2D eigenvalue weighted by molar-refractivity contribution is 8.52. The van der Waals surface area contributed by atoms with E-state index in [2.05, 4.69) is 4.99 Å². The van der Waals surface area contributed by atoms with E-state index in [4.69, 9.17) is 23.2 Å². The molecule has 0 radical (unpaired) electrons. The van der Waals surface area contributed by atoms with Crippen LogP contribution in [0.5, 0.6) is 0 Å². The predicted octanol–water partition coefficient (Wildman–Crippen LogP) is 4.42. The second-order valence-electron chi connectivity index (χ2n) is 2.38. The van der Waals surface area contributed by atoms with E-state index in [1.165, 1.54) is 0 Å². The van der Waals surface area contributed by atoms with Crippen molar-refractivity contribution in [2.24, 2.45) is 4.99 Å². The van der Waals surface area contributed by atoms with Crippen LogP contribution in [0.15, 0.2) is 23.2 Å². The van der Waals surface area contributed by atoms with Gasteiger partial charge in [-0.2, -0.15) is 0 Å². The van der Waals surface area contributed by atoms with Crippen LogP contribution < -0.4 is 0 Å². The van der Waals surface area contributed by atoms with E-state index in [-0.39, 0.29) is 0 Å². The van der Waals surface area contributed by atoms with Gasteiger partial charge >= 0.3 is 0 Å². The van der Waals surface area contributed by atoms with Crippen molar-refractivity contribution in [2.45, 2.75) is 0 Å². The molecule has 0 bridgehead atoms. The lowest BCUT2D eigenvalue weighted by atomic mass is 10.3. The van der Waals surface area contributed by atoms with Crippen LogP contribution in [0.25, 0.3) is 0 Å². The maximum atomic E-state index is 5.94. The highest BCUT2D eigenvalue weighted by Crippen LogP contribution is 2.37. The molecule has 0 aromatic heterocycles. The van der Waals surface area contributed by atoms with Crippen LogP contribution in [0, 0.1) is 0 Å². The van der Waals surface area contributed by atoms with Crippen LogP contribution in [-0.2, 0) is 0 Å². The molecule has 0 atom stereocenters. The molecule has 1 aliphatic heterocycles. The zero-order valence-corrected chi connectivity index (χ0v) is 9.60. The van der Waals surface area contributed by atoms with Gasteiger partial charge in [-0.3, -0.25) is 0 Å². The van der Waals surface area contributed by atoms with Crippen molar-refractivity contribution < 1.29 is 0 Å². The van der Waals surface area contributed by atoms with Crippen LogP contribution in [0.1, 0.15) is 0 Å². The van der Waals surface area contributed by atoms with Gasteiger partial charge in [-0.15, -0.1) is 0 Å². The monoisotopic (exact) mass is 249 g/mol. The summed E-state index contributed by atoms with van der Waals surface area (Å²) in [7, 11) is 0. The molecule has 1 saturated heterocycles. The van der Waals surface area contributed by atoms with Crippen LogP contribution in [0.4, 0.5) is 5.69 Å². The van der Waals surface area contributed by atoms with Crippen LogP contribution >= 0.6 is 46.7 Å². The second kappa shape index (κ2) is 4.13. The first-order valence-electron chi connectivity index (χ1n) is 3.55. The Morgan fingerprint density at radius 3 is 2.54 bits per heavy atom. The summed E-state index contributed by atoms with van der Waals surface area (Å²) in [4.78, 5) is 4.36. The molecule has 5 heteroatoms. The van der Waals surface area contributed by atoms with Crippen LogP contribution in [0.2, 0.25) is 10.0 Å². The molecule has 1 aromatic rings. The Labute approximate surface area is 94.9 Å². The first-order valence-corrected chi connectivity index (χ1v) is 6.28. The van der Waals surface area contributed by atoms with Crippen LogP contribution in [0.3, 0.4) is 0 Å². The van der Waals surface area contributed by atoms with Crippen molar-refractivity contribution >= 4 is 56.8 Å². The zero-order valence-electron chi connectivity index (χ0n) is 6.46. The van der Waals surface area contributed by atoms with E-state index < -0.39 is 0 Å². The molecule has 1 aromatic carbocycles. The molecule has 0 amide bonds. The molecule has 0 saturated carbocycles. The average Bonchev–Trinajstić information content (AvgIpc) is 1.99. The van der Waals surface area contributed by atoms with Crippen molar-refractivity contribution in [2.75, 3.05) is 5.08 Å². The molecule has 68 valence electrons. The first-order chi connectivity index (χ1) is 6.25. The van der Waals surface area contributed by atoms with E-state index in [1.807, 2.05) is 6.07 Å². The fourth-order valence-electron chi connectivity index (χ4n) is 0.846. The zero-order chi connectivity index (χ0) is 9.26. The predicted molar refractivity (Wildman–Crippen MR) is 63.6 cm³/mol. The third-order valence-corrected chi connectivity index (χ3v) is 4.35. The van der Waals surface area contributed by atoms with Crippen molar-refractivity contribution in [3.05, 3.63) is 28.2 Å². The SMILES string of the molecule is Clc1ccc(N=C2SCS2)c(Cl)c1. The van der Waals surface area contributed by atoms with Gasteiger partial charge in [-0.1, -0.05) is 46.7 Å². The fraction of sp³-hybridized carbons (Fsp3) is 0.125. The van der Waals surface area contributed by atoms with Gasteiger partial charge in [-0.25, -0.2) is 4.99 Å². The van der Waals surface area contributed by atoms with E-state index in [1.54, 1.807) is 35.7 Å². The molecule has 2 rings (SSSR count). The van der Waals surface area contributed by atoms with E-state index in [0.29, 0.717) is 10.0 Å². The standard InChI is InChI=1S/C8H5Cl2NS2/c9-5-1-2-7(6(10)3-5)11-8-12-4-13-8/h1-3H,4H2. The van der Waals surface area contributed by atoms with E-state index in [9.17, 15) is 0 Å². The average molecular weight is 250 g/mol. The maximum Gasteiger partial charge on any atom is 0.132 e. The molecule has 1 nitrogen and oxygen atoms in total. The Morgan fingerprint density at radius 2 is 2.00 bits per heavy atom. The van der Waals surface area contributed by atoms with E-state index in [0.717, 1.165) is 15.1 Å². The molecule has 0 spiro atoms. The smallest absolute Gasteiger partial charge is 0.132 e. The Morgan fingerprint density at radius 1 is 1.23 bits per heavy atom. The molecular weight excluding hydrogens is 245 g/mol. The second-order valence-corrected chi connectivity index (χ2v) is 5.78. The summed E-state index contributed by atoms with van der Waals surface area (Å²) >= 11 is 15.2. The summed E-state index contributed by atoms with van der Waals surface area (Å²) < 4.78 is 1.07. The number of thioether (sulfide) groups is 2. The molecule has 13 heavy (non-hydrogen) atoms. The third-order valence-electron chi connectivity index (χ3n) is 1.49. The normalized spacial score (nSPS) is 15.4. The lowest BCUT2D eigenvalue weighted by Gasteiger charge is -2.12. The lowest BCUT2D eigenvalue weighted by molar-refractivity contribution is 1.54. The van der Waals surface area contributed by atoms with Gasteiger partial charge in [0.15, 0.2) is 0 Å². The largest absolute Gasteiger partial charge is 0.233 e. The van der Waals surface area contributed by atoms with Gasteiger partial charge in [0.1, 0.15) is 4.38 Å². The summed E-state index contributed by atoms with van der Waals surface area (Å²) in [5.74, 6) is 0. The van der Waals surface area contributed by atoms with Crippen LogP contribution in [-0.4, -0.2) is 9.46 Å². The fourth-order valence-corrected chi connectivity index (χ4v) is 2.52. The molecular formula is C8H5Cl2NS2. The highest BCUT2D eigenvalue weighted by atomic mass is 35.5. The number of hydrogen-bond acceptors (Lipinski definition) is 3. The summed E-state index contributed by atoms with van der Waals surface area (Å²) in [6.45, 7) is 0. The summed E-state index contributed by atoms with van der Waals surface area (Å²) in [6, 6.07) is 5.33. The van der Waals surface area contributed by atoms with Crippen molar-refractivity contribution in [1.82, 2.24) is 0 Å². The quantitative estimate of drug-likeness (QED) is 0.731. The Balaban J connectivity index is 2.29. The number of benzene rings is 1. The molecule has 1 aliphatic rings. The molecule has 0 aliphatic carbocycles. The third kappa shape index (κ3) is 2.34. The lowest BCUT2D eigenvalue weighted by Crippen LogP contribution is -1.96. The summed E-state index contributed by atoms with van der Waals surface area (Å²) in [5, 5.41) is 2.33. The topological polar surface area (TPSA) is 12.4 Å². The van der Waals surface area contributed by atoms with Crippen molar-refractivity contribution in [3.8, 4) is 0 Å².